The van der Waals surface area contributed by atoms with E-state index in [4.69, 9.17) is 4.74 Å². The van der Waals surface area contributed by atoms with E-state index in [0.717, 1.165) is 30.8 Å². The number of fused-ring (bicyclic) bond motifs is 1. The molecule has 0 radical (unpaired) electrons. The SMILES string of the molecule is COc1cccc(Nc2ccc3c(c2)CCC[C@H]3CNc2cnccc2C(=O)O)n1. The number of hydrogen-bond acceptors (Lipinski definition) is 6. The van der Waals surface area contributed by atoms with Crippen molar-refractivity contribution in [3.63, 3.8) is 0 Å². The number of aromatic nitrogens is 2. The summed E-state index contributed by atoms with van der Waals surface area (Å²) in [7, 11) is 1.60. The molecule has 0 aliphatic heterocycles. The Labute approximate surface area is 175 Å². The Kier molecular flexibility index (Phi) is 5.79. The first-order chi connectivity index (χ1) is 14.6. The number of nitrogens with zero attached hydrogens (tertiary/aromatic N) is 2. The van der Waals surface area contributed by atoms with Crippen LogP contribution in [-0.2, 0) is 6.42 Å². The van der Waals surface area contributed by atoms with Gasteiger partial charge in [0.1, 0.15) is 5.82 Å². The minimum Gasteiger partial charge on any atom is -0.481 e. The highest BCUT2D eigenvalue weighted by molar-refractivity contribution is 5.93. The molecule has 1 atom stereocenters. The lowest BCUT2D eigenvalue weighted by molar-refractivity contribution is 0.0697. The fourth-order valence-corrected chi connectivity index (χ4v) is 3.91. The van der Waals surface area contributed by atoms with Gasteiger partial charge in [-0.3, -0.25) is 4.98 Å². The van der Waals surface area contributed by atoms with Crippen LogP contribution in [0.15, 0.2) is 54.9 Å². The summed E-state index contributed by atoms with van der Waals surface area (Å²) in [5.74, 6) is 0.673. The third-order valence-electron chi connectivity index (χ3n) is 5.38. The quantitative estimate of drug-likeness (QED) is 0.535. The molecule has 3 N–H and O–H groups in total. The predicted octanol–water partition coefficient (Wildman–Crippen LogP) is 4.46. The van der Waals surface area contributed by atoms with Crippen molar-refractivity contribution in [1.82, 2.24) is 9.97 Å². The van der Waals surface area contributed by atoms with Crippen LogP contribution in [0, 0.1) is 0 Å². The van der Waals surface area contributed by atoms with E-state index in [0.29, 0.717) is 24.0 Å². The Balaban J connectivity index is 1.49. The fraction of sp³-hybridized carbons (Fsp3) is 0.261. The highest BCUT2D eigenvalue weighted by atomic mass is 16.5. The molecule has 2 aromatic heterocycles. The molecule has 30 heavy (non-hydrogen) atoms. The number of aromatic carboxylic acids is 1. The zero-order valence-electron chi connectivity index (χ0n) is 16.8. The van der Waals surface area contributed by atoms with Gasteiger partial charge < -0.3 is 20.5 Å². The first kappa shape index (κ1) is 19.7. The summed E-state index contributed by atoms with van der Waals surface area (Å²) in [5.41, 5.74) is 4.40. The summed E-state index contributed by atoms with van der Waals surface area (Å²) in [6.07, 6.45) is 6.25. The number of pyridine rings is 2. The number of hydrogen-bond donors (Lipinski definition) is 3. The van der Waals surface area contributed by atoms with Crippen LogP contribution in [0.2, 0.25) is 0 Å². The summed E-state index contributed by atoms with van der Waals surface area (Å²) in [6.45, 7) is 0.670. The second-order valence-electron chi connectivity index (χ2n) is 7.30. The summed E-state index contributed by atoms with van der Waals surface area (Å²) in [5, 5.41) is 16.0. The molecule has 2 heterocycles. The van der Waals surface area contributed by atoms with Gasteiger partial charge >= 0.3 is 5.97 Å². The number of nitrogens with one attached hydrogen (secondary N) is 2. The number of rotatable bonds is 7. The van der Waals surface area contributed by atoms with E-state index in [1.54, 1.807) is 13.3 Å². The Morgan fingerprint density at radius 1 is 1.27 bits per heavy atom. The molecule has 7 nitrogen and oxygen atoms in total. The highest BCUT2D eigenvalue weighted by Crippen LogP contribution is 2.34. The number of ether oxygens (including phenoxy) is 1. The number of carboxylic acid groups (broad SMARTS) is 1. The Morgan fingerprint density at radius 3 is 3.00 bits per heavy atom. The Morgan fingerprint density at radius 2 is 2.17 bits per heavy atom. The lowest BCUT2D eigenvalue weighted by Crippen LogP contribution is -2.19. The topological polar surface area (TPSA) is 96.4 Å². The molecule has 0 bridgehead atoms. The third-order valence-corrected chi connectivity index (χ3v) is 5.38. The largest absolute Gasteiger partial charge is 0.481 e. The molecular formula is C23H24N4O3. The van der Waals surface area contributed by atoms with Crippen molar-refractivity contribution in [2.45, 2.75) is 25.2 Å². The van der Waals surface area contributed by atoms with Crippen LogP contribution in [-0.4, -0.2) is 34.7 Å². The lowest BCUT2D eigenvalue weighted by Gasteiger charge is -2.27. The smallest absolute Gasteiger partial charge is 0.337 e. The van der Waals surface area contributed by atoms with Gasteiger partial charge in [-0.05, 0) is 54.7 Å². The molecule has 1 aromatic carbocycles. The molecule has 7 heteroatoms. The number of methoxy groups -OCH3 is 1. The van der Waals surface area contributed by atoms with Crippen molar-refractivity contribution in [1.29, 1.82) is 0 Å². The van der Waals surface area contributed by atoms with Crippen molar-refractivity contribution >= 4 is 23.2 Å². The van der Waals surface area contributed by atoms with Crippen LogP contribution in [0.1, 0.15) is 40.2 Å². The Bertz CT molecular complexity index is 1050. The summed E-state index contributed by atoms with van der Waals surface area (Å²) < 4.78 is 5.18. The second kappa shape index (κ2) is 8.82. The maximum absolute atomic E-state index is 11.4. The normalized spacial score (nSPS) is 15.2. The van der Waals surface area contributed by atoms with E-state index >= 15 is 0 Å². The molecule has 4 rings (SSSR count). The van der Waals surface area contributed by atoms with Gasteiger partial charge in [0.15, 0.2) is 0 Å². The molecule has 0 saturated heterocycles. The first-order valence-corrected chi connectivity index (χ1v) is 9.96. The maximum atomic E-state index is 11.4. The fourth-order valence-electron chi connectivity index (χ4n) is 3.91. The molecule has 1 aliphatic rings. The lowest BCUT2D eigenvalue weighted by atomic mass is 9.82. The molecule has 0 saturated carbocycles. The van der Waals surface area contributed by atoms with Crippen molar-refractivity contribution < 1.29 is 14.6 Å². The van der Waals surface area contributed by atoms with Gasteiger partial charge in [0.25, 0.3) is 0 Å². The molecule has 3 aromatic rings. The molecule has 0 amide bonds. The zero-order valence-corrected chi connectivity index (χ0v) is 16.8. The van der Waals surface area contributed by atoms with Gasteiger partial charge in [0.2, 0.25) is 5.88 Å². The minimum atomic E-state index is -0.953. The van der Waals surface area contributed by atoms with Crippen LogP contribution in [0.25, 0.3) is 0 Å². The van der Waals surface area contributed by atoms with Crippen LogP contribution < -0.4 is 15.4 Å². The molecule has 1 aliphatic carbocycles. The highest BCUT2D eigenvalue weighted by Gasteiger charge is 2.21. The predicted molar refractivity (Wildman–Crippen MR) is 116 cm³/mol. The van der Waals surface area contributed by atoms with E-state index in [1.165, 1.54) is 23.4 Å². The summed E-state index contributed by atoms with van der Waals surface area (Å²) in [4.78, 5) is 19.9. The van der Waals surface area contributed by atoms with Crippen LogP contribution in [0.5, 0.6) is 5.88 Å². The van der Waals surface area contributed by atoms with Gasteiger partial charge in [-0.25, -0.2) is 4.79 Å². The number of aryl methyl sites for hydroxylation is 1. The van der Waals surface area contributed by atoms with Gasteiger partial charge in [-0.1, -0.05) is 12.1 Å². The average Bonchev–Trinajstić information content (AvgIpc) is 2.77. The first-order valence-electron chi connectivity index (χ1n) is 9.96. The van der Waals surface area contributed by atoms with Crippen LogP contribution >= 0.6 is 0 Å². The third kappa shape index (κ3) is 4.35. The number of carboxylic acids is 1. The molecule has 0 fully saturated rings. The van der Waals surface area contributed by atoms with E-state index in [-0.39, 0.29) is 5.56 Å². The monoisotopic (exact) mass is 404 g/mol. The molecule has 0 spiro atoms. The van der Waals surface area contributed by atoms with Gasteiger partial charge in [-0.15, -0.1) is 0 Å². The average molecular weight is 404 g/mol. The molecular weight excluding hydrogens is 380 g/mol. The standard InChI is InChI=1S/C23H24N4O3/c1-30-22-7-3-6-21(27-22)26-17-8-9-18-15(12-17)4-2-5-16(18)13-25-20-14-24-11-10-19(20)23(28)29/h3,6-12,14,16,25H,2,4-5,13H2,1H3,(H,26,27)(H,28,29)/t16-/m0/s1. The summed E-state index contributed by atoms with van der Waals surface area (Å²) in [6, 6.07) is 13.5. The van der Waals surface area contributed by atoms with Gasteiger partial charge in [0, 0.05) is 30.4 Å². The van der Waals surface area contributed by atoms with Crippen molar-refractivity contribution in [2.75, 3.05) is 24.3 Å². The van der Waals surface area contributed by atoms with Crippen molar-refractivity contribution in [3.05, 3.63) is 71.5 Å². The van der Waals surface area contributed by atoms with Crippen LogP contribution in [0.3, 0.4) is 0 Å². The zero-order chi connectivity index (χ0) is 20.9. The molecule has 154 valence electrons. The van der Waals surface area contributed by atoms with E-state index in [9.17, 15) is 9.90 Å². The van der Waals surface area contributed by atoms with Crippen molar-refractivity contribution in [2.24, 2.45) is 0 Å². The maximum Gasteiger partial charge on any atom is 0.337 e. The van der Waals surface area contributed by atoms with E-state index < -0.39 is 5.97 Å². The van der Waals surface area contributed by atoms with Crippen LogP contribution in [0.4, 0.5) is 17.2 Å². The number of carbonyl (C=O) groups is 1. The van der Waals surface area contributed by atoms with E-state index in [1.807, 2.05) is 18.2 Å². The van der Waals surface area contributed by atoms with E-state index in [2.05, 4.69) is 38.8 Å². The number of anilines is 3. The second-order valence-corrected chi connectivity index (χ2v) is 7.30. The van der Waals surface area contributed by atoms with Crippen molar-refractivity contribution in [3.8, 4) is 5.88 Å². The summed E-state index contributed by atoms with van der Waals surface area (Å²) >= 11 is 0. The van der Waals surface area contributed by atoms with Gasteiger partial charge in [0.05, 0.1) is 24.6 Å². The number of benzene rings is 1. The molecule has 0 unspecified atom stereocenters. The minimum absolute atomic E-state index is 0.242. The van der Waals surface area contributed by atoms with Gasteiger partial charge in [-0.2, -0.15) is 4.98 Å². The Hall–Kier alpha value is -3.61.